The number of halogens is 2. The molecule has 0 spiro atoms. The van der Waals surface area contributed by atoms with Gasteiger partial charge in [0.2, 0.25) is 5.91 Å². The quantitative estimate of drug-likeness (QED) is 0.891. The summed E-state index contributed by atoms with van der Waals surface area (Å²) in [6.07, 6.45) is 2.46. The summed E-state index contributed by atoms with van der Waals surface area (Å²) in [7, 11) is 0. The average molecular weight is 289 g/mol. The maximum Gasteiger partial charge on any atom is 0.220 e. The van der Waals surface area contributed by atoms with Crippen LogP contribution in [0.5, 0.6) is 0 Å². The molecular weight excluding hydrogens is 277 g/mol. The average Bonchev–Trinajstić information content (AvgIpc) is 2.58. The first-order valence-electron chi connectivity index (χ1n) is 4.88. The van der Waals surface area contributed by atoms with Gasteiger partial charge < -0.3 is 5.32 Å². The number of rotatable bonds is 2. The first kappa shape index (κ1) is 11.0. The van der Waals surface area contributed by atoms with E-state index in [9.17, 15) is 4.79 Å². The second-order valence-corrected chi connectivity index (χ2v) is 5.02. The SMILES string of the molecule is O=C1CCC(Cc2ccc(Cl)c(Br)c2)N1. The molecule has 1 amide bonds. The molecule has 2 rings (SSSR count). The second kappa shape index (κ2) is 4.54. The van der Waals surface area contributed by atoms with E-state index < -0.39 is 0 Å². The minimum absolute atomic E-state index is 0.160. The zero-order valence-corrected chi connectivity index (χ0v) is 10.4. The van der Waals surface area contributed by atoms with Gasteiger partial charge >= 0.3 is 0 Å². The topological polar surface area (TPSA) is 29.1 Å². The zero-order chi connectivity index (χ0) is 10.8. The Balaban J connectivity index is 2.05. The highest BCUT2D eigenvalue weighted by Gasteiger charge is 2.20. The largest absolute Gasteiger partial charge is 0.353 e. The molecule has 1 aromatic rings. The van der Waals surface area contributed by atoms with Crippen LogP contribution < -0.4 is 5.32 Å². The summed E-state index contributed by atoms with van der Waals surface area (Å²) in [5, 5.41) is 3.67. The van der Waals surface area contributed by atoms with Crippen molar-refractivity contribution in [1.82, 2.24) is 5.32 Å². The molecule has 1 atom stereocenters. The summed E-state index contributed by atoms with van der Waals surface area (Å²) in [4.78, 5) is 11.0. The lowest BCUT2D eigenvalue weighted by molar-refractivity contribution is -0.119. The number of carbonyl (C=O) groups excluding carboxylic acids is 1. The Morgan fingerprint density at radius 2 is 2.33 bits per heavy atom. The lowest BCUT2D eigenvalue weighted by Gasteiger charge is -2.10. The van der Waals surface area contributed by atoms with Crippen molar-refractivity contribution in [2.45, 2.75) is 25.3 Å². The molecule has 4 heteroatoms. The van der Waals surface area contributed by atoms with Crippen LogP contribution in [0, 0.1) is 0 Å². The maximum absolute atomic E-state index is 11.0. The molecule has 1 saturated heterocycles. The molecule has 15 heavy (non-hydrogen) atoms. The van der Waals surface area contributed by atoms with Gasteiger partial charge in [-0.2, -0.15) is 0 Å². The third-order valence-electron chi connectivity index (χ3n) is 2.55. The fourth-order valence-electron chi connectivity index (χ4n) is 1.78. The third kappa shape index (κ3) is 2.73. The van der Waals surface area contributed by atoms with Crippen molar-refractivity contribution in [3.05, 3.63) is 33.3 Å². The van der Waals surface area contributed by atoms with Gasteiger partial charge in [0.15, 0.2) is 0 Å². The van der Waals surface area contributed by atoms with E-state index in [0.29, 0.717) is 11.4 Å². The molecule has 1 heterocycles. The Hall–Kier alpha value is -0.540. The molecule has 1 fully saturated rings. The lowest BCUT2D eigenvalue weighted by atomic mass is 10.1. The number of amides is 1. The zero-order valence-electron chi connectivity index (χ0n) is 8.09. The molecule has 0 radical (unpaired) electrons. The van der Waals surface area contributed by atoms with E-state index in [1.165, 1.54) is 5.56 Å². The van der Waals surface area contributed by atoms with Crippen molar-refractivity contribution in [3.8, 4) is 0 Å². The monoisotopic (exact) mass is 287 g/mol. The van der Waals surface area contributed by atoms with Crippen LogP contribution in [-0.2, 0) is 11.2 Å². The molecule has 1 aliphatic rings. The van der Waals surface area contributed by atoms with Gasteiger partial charge in [-0.25, -0.2) is 0 Å². The van der Waals surface area contributed by atoms with Gasteiger partial charge in [0.25, 0.3) is 0 Å². The summed E-state index contributed by atoms with van der Waals surface area (Å²) in [5.41, 5.74) is 1.19. The van der Waals surface area contributed by atoms with Gasteiger partial charge in [-0.1, -0.05) is 17.7 Å². The number of benzene rings is 1. The Kier molecular flexibility index (Phi) is 3.32. The van der Waals surface area contributed by atoms with Crippen LogP contribution in [0.25, 0.3) is 0 Å². The van der Waals surface area contributed by atoms with Crippen molar-refractivity contribution in [3.63, 3.8) is 0 Å². The summed E-state index contributed by atoms with van der Waals surface area (Å²) >= 11 is 9.29. The van der Waals surface area contributed by atoms with Crippen LogP contribution in [0.3, 0.4) is 0 Å². The van der Waals surface area contributed by atoms with E-state index in [0.717, 1.165) is 17.3 Å². The van der Waals surface area contributed by atoms with Crippen LogP contribution in [0.4, 0.5) is 0 Å². The van der Waals surface area contributed by atoms with Crippen LogP contribution >= 0.6 is 27.5 Å². The highest BCUT2D eigenvalue weighted by atomic mass is 79.9. The van der Waals surface area contributed by atoms with Crippen molar-refractivity contribution < 1.29 is 4.79 Å². The molecule has 0 saturated carbocycles. The third-order valence-corrected chi connectivity index (χ3v) is 3.77. The van der Waals surface area contributed by atoms with Gasteiger partial charge in [0.1, 0.15) is 0 Å². The van der Waals surface area contributed by atoms with E-state index in [2.05, 4.69) is 21.2 Å². The van der Waals surface area contributed by atoms with E-state index in [1.54, 1.807) is 0 Å². The van der Waals surface area contributed by atoms with Crippen molar-refractivity contribution in [1.29, 1.82) is 0 Å². The fraction of sp³-hybridized carbons (Fsp3) is 0.364. The molecule has 0 bridgehead atoms. The first-order valence-corrected chi connectivity index (χ1v) is 6.05. The molecule has 1 N–H and O–H groups in total. The smallest absolute Gasteiger partial charge is 0.220 e. The molecule has 0 aromatic heterocycles. The van der Waals surface area contributed by atoms with Gasteiger partial charge in [0, 0.05) is 16.9 Å². The van der Waals surface area contributed by atoms with Gasteiger partial charge in [-0.05, 0) is 46.5 Å². The Morgan fingerprint density at radius 1 is 1.53 bits per heavy atom. The maximum atomic E-state index is 11.0. The van der Waals surface area contributed by atoms with E-state index in [-0.39, 0.29) is 11.9 Å². The minimum Gasteiger partial charge on any atom is -0.353 e. The molecule has 1 aromatic carbocycles. The van der Waals surface area contributed by atoms with Gasteiger partial charge in [0.05, 0.1) is 5.02 Å². The predicted octanol–water partition coefficient (Wildman–Crippen LogP) is 2.92. The molecule has 1 unspecified atom stereocenters. The number of nitrogens with one attached hydrogen (secondary N) is 1. The lowest BCUT2D eigenvalue weighted by Crippen LogP contribution is -2.27. The number of carbonyl (C=O) groups is 1. The van der Waals surface area contributed by atoms with Crippen molar-refractivity contribution >= 4 is 33.4 Å². The Labute approximate surface area is 102 Å². The van der Waals surface area contributed by atoms with Crippen LogP contribution in [0.1, 0.15) is 18.4 Å². The molecule has 1 aliphatic heterocycles. The summed E-state index contributed by atoms with van der Waals surface area (Å²) in [5.74, 6) is 0.160. The first-order chi connectivity index (χ1) is 7.15. The number of hydrogen-bond acceptors (Lipinski definition) is 1. The van der Waals surface area contributed by atoms with Crippen LogP contribution in [0.15, 0.2) is 22.7 Å². The van der Waals surface area contributed by atoms with E-state index in [4.69, 9.17) is 11.6 Å². The van der Waals surface area contributed by atoms with E-state index >= 15 is 0 Å². The van der Waals surface area contributed by atoms with Gasteiger partial charge in [-0.3, -0.25) is 4.79 Å². The molecular formula is C11H11BrClNO. The summed E-state index contributed by atoms with van der Waals surface area (Å²) in [6, 6.07) is 6.16. The standard InChI is InChI=1S/C11H11BrClNO/c12-9-6-7(1-3-10(9)13)5-8-2-4-11(15)14-8/h1,3,6,8H,2,4-5H2,(H,14,15). The summed E-state index contributed by atoms with van der Waals surface area (Å²) in [6.45, 7) is 0. The highest BCUT2D eigenvalue weighted by Crippen LogP contribution is 2.24. The van der Waals surface area contributed by atoms with Gasteiger partial charge in [-0.15, -0.1) is 0 Å². The highest BCUT2D eigenvalue weighted by molar-refractivity contribution is 9.10. The normalized spacial score (nSPS) is 20.4. The predicted molar refractivity (Wildman–Crippen MR) is 64.0 cm³/mol. The fourth-order valence-corrected chi connectivity index (χ4v) is 2.33. The summed E-state index contributed by atoms with van der Waals surface area (Å²) < 4.78 is 0.908. The van der Waals surface area contributed by atoms with Crippen LogP contribution in [-0.4, -0.2) is 11.9 Å². The second-order valence-electron chi connectivity index (χ2n) is 3.76. The Morgan fingerprint density at radius 3 is 2.93 bits per heavy atom. The Bertz CT molecular complexity index is 394. The van der Waals surface area contributed by atoms with Crippen LogP contribution in [0.2, 0.25) is 5.02 Å². The van der Waals surface area contributed by atoms with Crippen molar-refractivity contribution in [2.24, 2.45) is 0 Å². The molecule has 0 aliphatic carbocycles. The molecule has 2 nitrogen and oxygen atoms in total. The minimum atomic E-state index is 0.160. The number of hydrogen-bond donors (Lipinski definition) is 1. The molecule has 80 valence electrons. The van der Waals surface area contributed by atoms with Crippen molar-refractivity contribution in [2.75, 3.05) is 0 Å². The van der Waals surface area contributed by atoms with E-state index in [1.807, 2.05) is 18.2 Å².